The van der Waals surface area contributed by atoms with E-state index in [1.54, 1.807) is 0 Å². The fourth-order valence-corrected chi connectivity index (χ4v) is 1.00. The third-order valence-electron chi connectivity index (χ3n) is 1.13. The van der Waals surface area contributed by atoms with Gasteiger partial charge in [-0.1, -0.05) is 29.3 Å². The molecule has 11 heavy (non-hydrogen) atoms. The molecule has 0 saturated heterocycles. The maximum atomic E-state index is 10.6. The molecule has 0 aliphatic rings. The van der Waals surface area contributed by atoms with Gasteiger partial charge >= 0.3 is 0 Å². The molecule has 1 rings (SSSR count). The molecule has 4 heteroatoms. The molecule has 1 radical (unpaired) electrons. The molecule has 2 N–H and O–H groups in total. The zero-order valence-corrected chi connectivity index (χ0v) is 6.91. The van der Waals surface area contributed by atoms with Crippen LogP contribution in [0.1, 0.15) is 10.4 Å². The third-order valence-corrected chi connectivity index (χ3v) is 1.94. The largest absolute Gasteiger partial charge is 0.366 e. The summed E-state index contributed by atoms with van der Waals surface area (Å²) in [7, 11) is 0. The van der Waals surface area contributed by atoms with Crippen molar-refractivity contribution in [3.05, 3.63) is 33.8 Å². The number of hydrogen-bond donors (Lipinski definition) is 1. The van der Waals surface area contributed by atoms with Crippen molar-refractivity contribution in [1.29, 1.82) is 0 Å². The lowest BCUT2D eigenvalue weighted by atomic mass is 10.2. The van der Waals surface area contributed by atoms with Gasteiger partial charge in [0.2, 0.25) is 0 Å². The average Bonchev–Trinajstić information content (AvgIpc) is 1.94. The van der Waals surface area contributed by atoms with Crippen LogP contribution in [0.5, 0.6) is 0 Å². The van der Waals surface area contributed by atoms with E-state index in [1.807, 2.05) is 0 Å². The molecule has 0 aromatic heterocycles. The van der Waals surface area contributed by atoms with Crippen molar-refractivity contribution >= 4 is 29.1 Å². The van der Waals surface area contributed by atoms with Crippen molar-refractivity contribution in [2.24, 2.45) is 5.73 Å². The fourth-order valence-electron chi connectivity index (χ4n) is 0.633. The molecule has 1 amide bonds. The molecule has 0 aliphatic heterocycles. The van der Waals surface area contributed by atoms with E-state index >= 15 is 0 Å². The van der Waals surface area contributed by atoms with E-state index in [1.165, 1.54) is 12.1 Å². The minimum Gasteiger partial charge on any atom is -0.366 e. The molecule has 0 spiro atoms. The van der Waals surface area contributed by atoms with Crippen molar-refractivity contribution in [3.63, 3.8) is 0 Å². The summed E-state index contributed by atoms with van der Waals surface area (Å²) in [6.07, 6.45) is 0. The lowest BCUT2D eigenvalue weighted by Gasteiger charge is -1.98. The van der Waals surface area contributed by atoms with E-state index in [0.717, 1.165) is 0 Å². The summed E-state index contributed by atoms with van der Waals surface area (Å²) in [5.74, 6) is -0.627. The monoisotopic (exact) mass is 188 g/mol. The van der Waals surface area contributed by atoms with Crippen LogP contribution in [0, 0.1) is 6.07 Å². The molecule has 0 bridgehead atoms. The van der Waals surface area contributed by atoms with Gasteiger partial charge in [0.15, 0.2) is 0 Å². The normalized spacial score (nSPS) is 9.64. The van der Waals surface area contributed by atoms with Crippen LogP contribution in [0.3, 0.4) is 0 Å². The quantitative estimate of drug-likeness (QED) is 0.720. The van der Waals surface area contributed by atoms with E-state index in [0.29, 0.717) is 5.02 Å². The number of halogens is 2. The number of nitrogens with two attached hydrogens (primary N) is 1. The summed E-state index contributed by atoms with van der Waals surface area (Å²) in [5, 5.41) is 0.459. The molecule has 57 valence electrons. The molecule has 0 fully saturated rings. The predicted octanol–water partition coefficient (Wildman–Crippen LogP) is 1.89. The zero-order chi connectivity index (χ0) is 8.43. The minimum atomic E-state index is -0.627. The minimum absolute atomic E-state index is 0.124. The first-order chi connectivity index (χ1) is 5.13. The fraction of sp³-hybridized carbons (Fsp3) is 0. The number of benzene rings is 1. The van der Waals surface area contributed by atoms with Gasteiger partial charge < -0.3 is 5.73 Å². The van der Waals surface area contributed by atoms with Crippen LogP contribution in [-0.4, -0.2) is 5.91 Å². The molecule has 1 aromatic carbocycles. The van der Waals surface area contributed by atoms with Crippen molar-refractivity contribution in [1.82, 2.24) is 0 Å². The highest BCUT2D eigenvalue weighted by Crippen LogP contribution is 2.24. The van der Waals surface area contributed by atoms with Gasteiger partial charge in [0.1, 0.15) is 0 Å². The Bertz CT molecular complexity index is 298. The topological polar surface area (TPSA) is 43.1 Å². The average molecular weight is 189 g/mol. The first-order valence-corrected chi connectivity index (χ1v) is 3.54. The molecule has 0 unspecified atom stereocenters. The third kappa shape index (κ3) is 1.64. The maximum Gasteiger partial charge on any atom is 0.250 e. The highest BCUT2D eigenvalue weighted by Gasteiger charge is 2.08. The Labute approximate surface area is 73.9 Å². The van der Waals surface area contributed by atoms with E-state index in [4.69, 9.17) is 28.9 Å². The van der Waals surface area contributed by atoms with Gasteiger partial charge in [0, 0.05) is 0 Å². The number of carbonyl (C=O) groups is 1. The van der Waals surface area contributed by atoms with E-state index in [2.05, 4.69) is 6.07 Å². The molecule has 0 aliphatic carbocycles. The summed E-state index contributed by atoms with van der Waals surface area (Å²) >= 11 is 11.2. The number of hydrogen-bond acceptors (Lipinski definition) is 1. The molecule has 0 atom stereocenters. The summed E-state index contributed by atoms with van der Waals surface area (Å²) in [5.41, 5.74) is 5.09. The lowest BCUT2D eigenvalue weighted by molar-refractivity contribution is 0.1000. The number of carbonyl (C=O) groups excluding carboxylic acids is 1. The van der Waals surface area contributed by atoms with Gasteiger partial charge in [-0.3, -0.25) is 4.79 Å². The molecule has 2 nitrogen and oxygen atoms in total. The second-order valence-corrected chi connectivity index (χ2v) is 2.66. The molecular formula is C7H4Cl2NO. The summed E-state index contributed by atoms with van der Waals surface area (Å²) in [6, 6.07) is 5.62. The van der Waals surface area contributed by atoms with Crippen LogP contribution in [0.15, 0.2) is 12.1 Å². The SMILES string of the molecule is NC(=O)c1[c]ccc(Cl)c1Cl. The molecule has 0 heterocycles. The van der Waals surface area contributed by atoms with Crippen LogP contribution in [0.4, 0.5) is 0 Å². The lowest BCUT2D eigenvalue weighted by Crippen LogP contribution is -2.11. The smallest absolute Gasteiger partial charge is 0.250 e. The van der Waals surface area contributed by atoms with Crippen LogP contribution < -0.4 is 5.73 Å². The van der Waals surface area contributed by atoms with Crippen LogP contribution in [-0.2, 0) is 0 Å². The van der Waals surface area contributed by atoms with Crippen molar-refractivity contribution < 1.29 is 4.79 Å². The Morgan fingerprint density at radius 1 is 1.55 bits per heavy atom. The Morgan fingerprint density at radius 3 is 2.64 bits per heavy atom. The van der Waals surface area contributed by atoms with Gasteiger partial charge in [-0.2, -0.15) is 0 Å². The number of primary amides is 1. The molecule has 0 saturated carbocycles. The Hall–Kier alpha value is -0.730. The zero-order valence-electron chi connectivity index (χ0n) is 5.40. The van der Waals surface area contributed by atoms with Crippen LogP contribution in [0.25, 0.3) is 0 Å². The van der Waals surface area contributed by atoms with Gasteiger partial charge in [-0.15, -0.1) is 0 Å². The van der Waals surface area contributed by atoms with Crippen molar-refractivity contribution in [2.75, 3.05) is 0 Å². The van der Waals surface area contributed by atoms with E-state index < -0.39 is 5.91 Å². The van der Waals surface area contributed by atoms with E-state index in [-0.39, 0.29) is 10.6 Å². The summed E-state index contributed by atoms with van der Waals surface area (Å²) in [6.45, 7) is 0. The van der Waals surface area contributed by atoms with Gasteiger partial charge in [0.05, 0.1) is 15.6 Å². The number of rotatable bonds is 1. The standard InChI is InChI=1S/C7H4Cl2NO/c8-5-3-1-2-4(6(5)9)7(10)11/h1,3H,(H2,10,11). The Morgan fingerprint density at radius 2 is 2.18 bits per heavy atom. The number of amides is 1. The van der Waals surface area contributed by atoms with Gasteiger partial charge in [-0.25, -0.2) is 0 Å². The maximum absolute atomic E-state index is 10.6. The van der Waals surface area contributed by atoms with E-state index in [9.17, 15) is 4.79 Å². The Balaban J connectivity index is 3.27. The Kier molecular flexibility index (Phi) is 2.37. The highest BCUT2D eigenvalue weighted by atomic mass is 35.5. The van der Waals surface area contributed by atoms with Gasteiger partial charge in [0.25, 0.3) is 5.91 Å². The van der Waals surface area contributed by atoms with Crippen LogP contribution >= 0.6 is 23.2 Å². The molecular weight excluding hydrogens is 185 g/mol. The van der Waals surface area contributed by atoms with Crippen molar-refractivity contribution in [2.45, 2.75) is 0 Å². The highest BCUT2D eigenvalue weighted by molar-refractivity contribution is 6.43. The first kappa shape index (κ1) is 8.37. The summed E-state index contributed by atoms with van der Waals surface area (Å²) in [4.78, 5) is 10.6. The first-order valence-electron chi connectivity index (χ1n) is 2.78. The second kappa shape index (κ2) is 3.11. The van der Waals surface area contributed by atoms with Gasteiger partial charge in [-0.05, 0) is 12.1 Å². The second-order valence-electron chi connectivity index (χ2n) is 1.88. The summed E-state index contributed by atoms with van der Waals surface area (Å²) < 4.78 is 0. The van der Waals surface area contributed by atoms with Crippen molar-refractivity contribution in [3.8, 4) is 0 Å². The van der Waals surface area contributed by atoms with Crippen LogP contribution in [0.2, 0.25) is 10.0 Å². The molecule has 1 aromatic rings. The predicted molar refractivity (Wildman–Crippen MR) is 43.8 cm³/mol.